The van der Waals surface area contributed by atoms with Crippen LogP contribution in [0.4, 0.5) is 5.82 Å². The molecule has 33 heavy (non-hydrogen) atoms. The summed E-state index contributed by atoms with van der Waals surface area (Å²) in [5.74, 6) is 0.732. The summed E-state index contributed by atoms with van der Waals surface area (Å²) in [4.78, 5) is 30.0. The van der Waals surface area contributed by atoms with E-state index in [9.17, 15) is 9.59 Å². The van der Waals surface area contributed by atoms with E-state index in [4.69, 9.17) is 4.74 Å². The molecule has 0 radical (unpaired) electrons. The number of anilines is 1. The van der Waals surface area contributed by atoms with Gasteiger partial charge in [-0.3, -0.25) is 9.59 Å². The largest absolute Gasteiger partial charge is 0.487 e. The van der Waals surface area contributed by atoms with Crippen molar-refractivity contribution in [3.05, 3.63) is 88.6 Å². The van der Waals surface area contributed by atoms with Crippen molar-refractivity contribution in [1.82, 2.24) is 24.3 Å². The highest BCUT2D eigenvalue weighted by atomic mass is 16.5. The Morgan fingerprint density at radius 3 is 2.67 bits per heavy atom. The fourth-order valence-corrected chi connectivity index (χ4v) is 3.28. The molecule has 1 aromatic carbocycles. The Bertz CT molecular complexity index is 1330. The number of aromatic nitrogens is 5. The molecular formula is C24H24N6O3. The molecule has 0 saturated carbocycles. The Morgan fingerprint density at radius 2 is 1.91 bits per heavy atom. The van der Waals surface area contributed by atoms with E-state index in [0.29, 0.717) is 29.7 Å². The number of carbonyl (C=O) groups is 1. The fourth-order valence-electron chi connectivity index (χ4n) is 3.28. The molecule has 0 aliphatic heterocycles. The van der Waals surface area contributed by atoms with Crippen molar-refractivity contribution in [2.24, 2.45) is 7.05 Å². The van der Waals surface area contributed by atoms with Gasteiger partial charge in [0.15, 0.2) is 5.82 Å². The Morgan fingerprint density at radius 1 is 1.12 bits per heavy atom. The predicted octanol–water partition coefficient (Wildman–Crippen LogP) is 3.45. The highest BCUT2D eigenvalue weighted by Crippen LogP contribution is 2.20. The number of ether oxygens (including phenoxy) is 1. The van der Waals surface area contributed by atoms with E-state index in [2.05, 4.69) is 20.5 Å². The lowest BCUT2D eigenvalue weighted by Crippen LogP contribution is -2.27. The first-order valence-electron chi connectivity index (χ1n) is 10.5. The second-order valence-corrected chi connectivity index (χ2v) is 7.80. The van der Waals surface area contributed by atoms with Crippen molar-refractivity contribution >= 4 is 11.7 Å². The maximum Gasteiger partial charge on any atom is 0.263 e. The number of carbonyl (C=O) groups excluding carboxylic acids is 1. The van der Waals surface area contributed by atoms with Crippen LogP contribution in [-0.2, 0) is 13.7 Å². The summed E-state index contributed by atoms with van der Waals surface area (Å²) < 4.78 is 9.01. The number of aryl methyl sites for hydroxylation is 1. The van der Waals surface area contributed by atoms with Crippen LogP contribution in [0.1, 0.15) is 35.8 Å². The van der Waals surface area contributed by atoms with E-state index in [-0.39, 0.29) is 11.6 Å². The molecule has 4 rings (SSSR count). The summed E-state index contributed by atoms with van der Waals surface area (Å²) in [6, 6.07) is 16.4. The lowest BCUT2D eigenvalue weighted by atomic mass is 10.2. The van der Waals surface area contributed by atoms with E-state index < -0.39 is 11.5 Å². The van der Waals surface area contributed by atoms with Gasteiger partial charge in [0.05, 0.1) is 0 Å². The zero-order valence-corrected chi connectivity index (χ0v) is 18.6. The van der Waals surface area contributed by atoms with Crippen LogP contribution in [0.25, 0.3) is 11.5 Å². The van der Waals surface area contributed by atoms with E-state index in [0.717, 1.165) is 5.56 Å². The van der Waals surface area contributed by atoms with Gasteiger partial charge < -0.3 is 19.2 Å². The van der Waals surface area contributed by atoms with Gasteiger partial charge in [0.25, 0.3) is 11.5 Å². The first kappa shape index (κ1) is 21.9. The summed E-state index contributed by atoms with van der Waals surface area (Å²) in [6.07, 6.45) is 3.19. The summed E-state index contributed by atoms with van der Waals surface area (Å²) in [7, 11) is 1.58. The molecule has 0 bridgehead atoms. The second kappa shape index (κ2) is 9.47. The Hall–Kier alpha value is -4.27. The van der Waals surface area contributed by atoms with E-state index in [1.807, 2.05) is 48.7 Å². The highest BCUT2D eigenvalue weighted by molar-refractivity contribution is 6.03. The van der Waals surface area contributed by atoms with Crippen LogP contribution in [0, 0.1) is 0 Å². The first-order valence-corrected chi connectivity index (χ1v) is 10.5. The van der Waals surface area contributed by atoms with Crippen LogP contribution in [-0.4, -0.2) is 30.2 Å². The van der Waals surface area contributed by atoms with Crippen LogP contribution >= 0.6 is 0 Å². The normalized spacial score (nSPS) is 10.9. The average Bonchev–Trinajstić information content (AvgIpc) is 3.31. The molecule has 1 amide bonds. The summed E-state index contributed by atoms with van der Waals surface area (Å²) in [5.41, 5.74) is 1.07. The molecule has 1 N–H and O–H groups in total. The Balaban J connectivity index is 1.55. The summed E-state index contributed by atoms with van der Waals surface area (Å²) in [6.45, 7) is 4.35. The molecule has 0 fully saturated rings. The van der Waals surface area contributed by atoms with Crippen molar-refractivity contribution in [2.75, 3.05) is 5.32 Å². The van der Waals surface area contributed by atoms with Gasteiger partial charge in [0, 0.05) is 25.4 Å². The molecule has 0 spiro atoms. The summed E-state index contributed by atoms with van der Waals surface area (Å²) >= 11 is 0. The fraction of sp³-hybridized carbons (Fsp3) is 0.208. The predicted molar refractivity (Wildman–Crippen MR) is 124 cm³/mol. The second-order valence-electron chi connectivity index (χ2n) is 7.80. The van der Waals surface area contributed by atoms with Crippen molar-refractivity contribution < 1.29 is 9.53 Å². The topological polar surface area (TPSA) is 104 Å². The molecule has 9 nitrogen and oxygen atoms in total. The first-order chi connectivity index (χ1) is 15.9. The average molecular weight is 444 g/mol. The maximum atomic E-state index is 12.9. The van der Waals surface area contributed by atoms with Crippen LogP contribution in [0.3, 0.4) is 0 Å². The molecule has 0 unspecified atom stereocenters. The van der Waals surface area contributed by atoms with E-state index >= 15 is 0 Å². The minimum atomic E-state index is -0.573. The van der Waals surface area contributed by atoms with Crippen LogP contribution < -0.4 is 15.6 Å². The van der Waals surface area contributed by atoms with Gasteiger partial charge in [-0.05, 0) is 31.5 Å². The number of rotatable bonds is 7. The minimum absolute atomic E-state index is 0.0411. The SMILES string of the molecule is CC(C)n1cnnc1-c1cccc(NC(=O)c2cc(OCc3ccccc3)cn(C)c2=O)n1. The third-order valence-corrected chi connectivity index (χ3v) is 5.00. The quantitative estimate of drug-likeness (QED) is 0.468. The van der Waals surface area contributed by atoms with Gasteiger partial charge in [0.2, 0.25) is 0 Å². The number of nitrogens with zero attached hydrogens (tertiary/aromatic N) is 5. The maximum absolute atomic E-state index is 12.9. The molecule has 168 valence electrons. The molecule has 0 atom stereocenters. The molecular weight excluding hydrogens is 420 g/mol. The standard InChI is InChI=1S/C24H24N6O3/c1-16(2)30-15-25-28-22(30)20-10-7-11-21(26-20)27-23(31)19-12-18(13-29(3)24(19)32)33-14-17-8-5-4-6-9-17/h4-13,15-16H,14H2,1-3H3,(H,26,27,31). The number of pyridine rings is 2. The number of amides is 1. The third-order valence-electron chi connectivity index (χ3n) is 5.00. The van der Waals surface area contributed by atoms with Crippen molar-refractivity contribution in [1.29, 1.82) is 0 Å². The van der Waals surface area contributed by atoms with E-state index in [1.165, 1.54) is 10.6 Å². The van der Waals surface area contributed by atoms with Crippen LogP contribution in [0.15, 0.2) is 71.9 Å². The number of hydrogen-bond acceptors (Lipinski definition) is 6. The molecule has 0 aliphatic carbocycles. The van der Waals surface area contributed by atoms with Gasteiger partial charge >= 0.3 is 0 Å². The van der Waals surface area contributed by atoms with Gasteiger partial charge in [-0.1, -0.05) is 36.4 Å². The van der Waals surface area contributed by atoms with Crippen molar-refractivity contribution in [2.45, 2.75) is 26.5 Å². The summed E-state index contributed by atoms with van der Waals surface area (Å²) in [5, 5.41) is 10.8. The lowest BCUT2D eigenvalue weighted by molar-refractivity contribution is 0.102. The third kappa shape index (κ3) is 4.98. The molecule has 0 aliphatic rings. The highest BCUT2D eigenvalue weighted by Gasteiger charge is 2.16. The Kier molecular flexibility index (Phi) is 6.30. The van der Waals surface area contributed by atoms with Gasteiger partial charge in [-0.2, -0.15) is 0 Å². The van der Waals surface area contributed by atoms with E-state index in [1.54, 1.807) is 37.8 Å². The number of hydrogen-bond donors (Lipinski definition) is 1. The molecule has 3 aromatic heterocycles. The minimum Gasteiger partial charge on any atom is -0.487 e. The molecule has 4 aromatic rings. The lowest BCUT2D eigenvalue weighted by Gasteiger charge is -2.12. The van der Waals surface area contributed by atoms with Gasteiger partial charge in [-0.15, -0.1) is 10.2 Å². The molecule has 0 saturated heterocycles. The number of nitrogens with one attached hydrogen (secondary N) is 1. The van der Waals surface area contributed by atoms with Crippen LogP contribution in [0.5, 0.6) is 5.75 Å². The molecule has 3 heterocycles. The van der Waals surface area contributed by atoms with Gasteiger partial charge in [0.1, 0.15) is 35.8 Å². The number of benzene rings is 1. The van der Waals surface area contributed by atoms with Crippen LogP contribution in [0.2, 0.25) is 0 Å². The van der Waals surface area contributed by atoms with Gasteiger partial charge in [-0.25, -0.2) is 4.98 Å². The van der Waals surface area contributed by atoms with Crippen molar-refractivity contribution in [3.63, 3.8) is 0 Å². The molecule has 9 heteroatoms. The monoisotopic (exact) mass is 444 g/mol. The zero-order valence-electron chi connectivity index (χ0n) is 18.6. The zero-order chi connectivity index (χ0) is 23.4. The Labute approximate surface area is 190 Å². The smallest absolute Gasteiger partial charge is 0.263 e. The van der Waals surface area contributed by atoms with Crippen molar-refractivity contribution in [3.8, 4) is 17.3 Å².